The summed E-state index contributed by atoms with van der Waals surface area (Å²) in [5.74, 6) is 1.01. The number of rotatable bonds is 11. The molecular weight excluding hydrogens is 468 g/mol. The Morgan fingerprint density at radius 2 is 1.97 bits per heavy atom. The Morgan fingerprint density at radius 3 is 2.63 bits per heavy atom. The monoisotopic (exact) mass is 498 g/mol. The topological polar surface area (TPSA) is 107 Å². The number of ether oxygens (including phenoxy) is 2. The molecule has 0 aliphatic rings. The number of Topliss-reactive ketones (excluding diaryl/α,β-unsaturated/α-hetero) is 1. The van der Waals surface area contributed by atoms with Crippen LogP contribution >= 0.6 is 11.6 Å². The van der Waals surface area contributed by atoms with E-state index < -0.39 is 11.3 Å². The fourth-order valence-electron chi connectivity index (χ4n) is 3.48. The zero-order chi connectivity index (χ0) is 25.6. The molecule has 0 saturated heterocycles. The van der Waals surface area contributed by atoms with E-state index in [9.17, 15) is 9.59 Å². The molecule has 1 atom stereocenters. The number of halogens is 1. The number of hydrogen-bond acceptors (Lipinski definition) is 7. The van der Waals surface area contributed by atoms with Gasteiger partial charge in [0.15, 0.2) is 11.6 Å². The van der Waals surface area contributed by atoms with Crippen LogP contribution in [0.4, 0.5) is 0 Å². The summed E-state index contributed by atoms with van der Waals surface area (Å²) in [6.45, 7) is 7.59. The van der Waals surface area contributed by atoms with Crippen LogP contribution in [0.5, 0.6) is 5.88 Å². The Labute approximate surface area is 210 Å². The number of aromatic amines is 1. The van der Waals surface area contributed by atoms with E-state index in [0.717, 1.165) is 18.4 Å². The molecule has 0 saturated carbocycles. The standard InChI is InChI=1S/C26H31ClN4O4/c1-6-7-16(2)35-22-13-10-18(15-28-22)23-29-24(31-25(33)30-23)19-14-17(8-11-20(19)27)9-12-21(32)26(3,4)34-5/h8,10-11,13-16H,6-7,9,12H2,1-5H3,(H,29,30,31,33)/t16-/m0/s1. The lowest BCUT2D eigenvalue weighted by atomic mass is 9.96. The normalized spacial score (nSPS) is 12.4. The first-order chi connectivity index (χ1) is 16.6. The Kier molecular flexibility index (Phi) is 8.75. The lowest BCUT2D eigenvalue weighted by Gasteiger charge is -2.21. The molecule has 0 fully saturated rings. The van der Waals surface area contributed by atoms with Gasteiger partial charge in [0.05, 0.1) is 11.1 Å². The molecule has 0 unspecified atom stereocenters. The molecular formula is C26H31ClN4O4. The summed E-state index contributed by atoms with van der Waals surface area (Å²) in [7, 11) is 1.52. The van der Waals surface area contributed by atoms with Crippen molar-refractivity contribution >= 4 is 17.4 Å². The summed E-state index contributed by atoms with van der Waals surface area (Å²) in [5, 5.41) is 0.421. The molecule has 2 aromatic heterocycles. The highest BCUT2D eigenvalue weighted by molar-refractivity contribution is 6.33. The number of H-pyrrole nitrogens is 1. The number of carbonyl (C=O) groups is 1. The van der Waals surface area contributed by atoms with Gasteiger partial charge in [-0.2, -0.15) is 4.98 Å². The van der Waals surface area contributed by atoms with Crippen LogP contribution in [0.25, 0.3) is 22.8 Å². The predicted molar refractivity (Wildman–Crippen MR) is 136 cm³/mol. The number of pyridine rings is 1. The van der Waals surface area contributed by atoms with Gasteiger partial charge in [0.25, 0.3) is 0 Å². The summed E-state index contributed by atoms with van der Waals surface area (Å²) in [5.41, 5.74) is 0.609. The highest BCUT2D eigenvalue weighted by Crippen LogP contribution is 2.28. The zero-order valence-electron chi connectivity index (χ0n) is 20.7. The lowest BCUT2D eigenvalue weighted by molar-refractivity contribution is -0.137. The van der Waals surface area contributed by atoms with E-state index in [0.29, 0.717) is 34.9 Å². The second-order valence-electron chi connectivity index (χ2n) is 8.88. The molecule has 1 N–H and O–H groups in total. The molecule has 0 amide bonds. The second kappa shape index (κ2) is 11.6. The van der Waals surface area contributed by atoms with Crippen molar-refractivity contribution in [3.05, 3.63) is 57.6 Å². The van der Waals surface area contributed by atoms with Crippen LogP contribution < -0.4 is 10.4 Å². The number of hydrogen-bond donors (Lipinski definition) is 1. The van der Waals surface area contributed by atoms with Gasteiger partial charge in [0.2, 0.25) is 5.88 Å². The van der Waals surface area contributed by atoms with Crippen LogP contribution in [0.15, 0.2) is 41.3 Å². The van der Waals surface area contributed by atoms with Crippen LogP contribution in [0.3, 0.4) is 0 Å². The largest absolute Gasteiger partial charge is 0.475 e. The number of aryl methyl sites for hydroxylation is 1. The van der Waals surface area contributed by atoms with Crippen molar-refractivity contribution < 1.29 is 14.3 Å². The molecule has 3 aromatic rings. The van der Waals surface area contributed by atoms with Crippen molar-refractivity contribution in [2.45, 2.75) is 65.1 Å². The number of methoxy groups -OCH3 is 1. The third kappa shape index (κ3) is 6.96. The molecule has 0 aliphatic carbocycles. The highest BCUT2D eigenvalue weighted by Gasteiger charge is 2.26. The van der Waals surface area contributed by atoms with E-state index in [1.54, 1.807) is 38.2 Å². The van der Waals surface area contributed by atoms with Crippen LogP contribution in [0.1, 0.15) is 52.5 Å². The number of carbonyl (C=O) groups excluding carboxylic acids is 1. The maximum absolute atomic E-state index is 12.4. The summed E-state index contributed by atoms with van der Waals surface area (Å²) >= 11 is 6.44. The molecule has 186 valence electrons. The van der Waals surface area contributed by atoms with Gasteiger partial charge >= 0.3 is 5.69 Å². The maximum atomic E-state index is 12.4. The van der Waals surface area contributed by atoms with E-state index in [-0.39, 0.29) is 23.5 Å². The third-order valence-corrected chi connectivity index (χ3v) is 6.10. The number of aromatic nitrogens is 4. The summed E-state index contributed by atoms with van der Waals surface area (Å²) in [6.07, 6.45) is 4.40. The van der Waals surface area contributed by atoms with E-state index in [4.69, 9.17) is 21.1 Å². The SMILES string of the molecule is CCC[C@H](C)Oc1ccc(-c2nc(-c3cc(CCC(=O)C(C)(C)OC)ccc3Cl)[nH]c(=O)n2)cn1. The van der Waals surface area contributed by atoms with Gasteiger partial charge in [-0.1, -0.05) is 31.0 Å². The quantitative estimate of drug-likeness (QED) is 0.394. The van der Waals surface area contributed by atoms with Gasteiger partial charge in [-0.05, 0) is 57.4 Å². The maximum Gasteiger partial charge on any atom is 0.348 e. The van der Waals surface area contributed by atoms with E-state index in [2.05, 4.69) is 26.9 Å². The van der Waals surface area contributed by atoms with Gasteiger partial charge in [-0.25, -0.2) is 14.8 Å². The number of nitrogens with one attached hydrogen (secondary N) is 1. The molecule has 9 heteroatoms. The average molecular weight is 499 g/mol. The Morgan fingerprint density at radius 1 is 1.20 bits per heavy atom. The molecule has 8 nitrogen and oxygen atoms in total. The van der Waals surface area contributed by atoms with E-state index in [1.165, 1.54) is 7.11 Å². The zero-order valence-corrected chi connectivity index (χ0v) is 21.5. The van der Waals surface area contributed by atoms with Gasteiger partial charge in [0, 0.05) is 36.9 Å². The Bertz CT molecular complexity index is 1220. The van der Waals surface area contributed by atoms with Gasteiger partial charge < -0.3 is 9.47 Å². The summed E-state index contributed by atoms with van der Waals surface area (Å²) in [6, 6.07) is 8.89. The van der Waals surface area contributed by atoms with Crippen LogP contribution in [0.2, 0.25) is 5.02 Å². The minimum absolute atomic E-state index is 0.00163. The molecule has 2 heterocycles. The van der Waals surface area contributed by atoms with Crippen molar-refractivity contribution in [2.75, 3.05) is 7.11 Å². The first-order valence-electron chi connectivity index (χ1n) is 11.6. The first kappa shape index (κ1) is 26.5. The minimum atomic E-state index is -0.843. The van der Waals surface area contributed by atoms with Crippen molar-refractivity contribution in [1.82, 2.24) is 19.9 Å². The average Bonchev–Trinajstić information content (AvgIpc) is 2.83. The lowest BCUT2D eigenvalue weighted by Crippen LogP contribution is -2.33. The molecule has 3 rings (SSSR count). The number of benzene rings is 1. The molecule has 1 aromatic carbocycles. The predicted octanol–water partition coefficient (Wildman–Crippen LogP) is 5.04. The molecule has 0 radical (unpaired) electrons. The molecule has 35 heavy (non-hydrogen) atoms. The summed E-state index contributed by atoms with van der Waals surface area (Å²) < 4.78 is 11.1. The minimum Gasteiger partial charge on any atom is -0.475 e. The van der Waals surface area contributed by atoms with Gasteiger partial charge in [-0.3, -0.25) is 9.78 Å². The van der Waals surface area contributed by atoms with E-state index in [1.807, 2.05) is 19.1 Å². The second-order valence-corrected chi connectivity index (χ2v) is 9.29. The summed E-state index contributed by atoms with van der Waals surface area (Å²) in [4.78, 5) is 40.3. The van der Waals surface area contributed by atoms with Crippen molar-refractivity contribution in [3.8, 4) is 28.7 Å². The Hall–Kier alpha value is -3.10. The smallest absolute Gasteiger partial charge is 0.348 e. The third-order valence-electron chi connectivity index (χ3n) is 5.77. The fraction of sp³-hybridized carbons (Fsp3) is 0.423. The van der Waals surface area contributed by atoms with Gasteiger partial charge in [0.1, 0.15) is 11.4 Å². The van der Waals surface area contributed by atoms with E-state index >= 15 is 0 Å². The van der Waals surface area contributed by atoms with Gasteiger partial charge in [-0.15, -0.1) is 0 Å². The Balaban J connectivity index is 1.85. The fourth-order valence-corrected chi connectivity index (χ4v) is 3.68. The molecule has 0 spiro atoms. The van der Waals surface area contributed by atoms with Crippen LogP contribution in [-0.2, 0) is 16.0 Å². The highest BCUT2D eigenvalue weighted by atomic mass is 35.5. The first-order valence-corrected chi connectivity index (χ1v) is 12.0. The number of ketones is 1. The van der Waals surface area contributed by atoms with Crippen molar-refractivity contribution in [2.24, 2.45) is 0 Å². The van der Waals surface area contributed by atoms with Crippen molar-refractivity contribution in [3.63, 3.8) is 0 Å². The molecule has 0 bridgehead atoms. The van der Waals surface area contributed by atoms with Crippen LogP contribution in [-0.4, -0.2) is 44.5 Å². The van der Waals surface area contributed by atoms with Crippen molar-refractivity contribution in [1.29, 1.82) is 0 Å². The molecule has 0 aliphatic heterocycles. The van der Waals surface area contributed by atoms with Crippen LogP contribution in [0, 0.1) is 0 Å². The number of nitrogens with zero attached hydrogens (tertiary/aromatic N) is 3.